The van der Waals surface area contributed by atoms with E-state index < -0.39 is 0 Å². The molecule has 2 saturated heterocycles. The minimum atomic E-state index is -0.375. The second-order valence-electron chi connectivity index (χ2n) is 15.5. The highest BCUT2D eigenvalue weighted by molar-refractivity contribution is 5.96. The van der Waals surface area contributed by atoms with Crippen molar-refractivity contribution in [1.29, 1.82) is 0 Å². The van der Waals surface area contributed by atoms with Crippen LogP contribution in [0.2, 0.25) is 0 Å². The molecule has 0 bridgehead atoms. The Morgan fingerprint density at radius 2 is 1.92 bits per heavy atom. The van der Waals surface area contributed by atoms with E-state index in [0.29, 0.717) is 66.1 Å². The number of piperazine rings is 1. The van der Waals surface area contributed by atoms with E-state index in [1.54, 1.807) is 16.7 Å². The van der Waals surface area contributed by atoms with Crippen molar-refractivity contribution >= 4 is 22.5 Å². The Kier molecular flexibility index (Phi) is 11.1. The van der Waals surface area contributed by atoms with E-state index in [9.17, 15) is 14.3 Å². The highest BCUT2D eigenvalue weighted by Crippen LogP contribution is 2.46. The molecule has 3 N–H and O–H groups in total. The lowest BCUT2D eigenvalue weighted by Gasteiger charge is -2.46. The average molecular weight is 674 g/mol. The molecule has 2 aliphatic heterocycles. The van der Waals surface area contributed by atoms with E-state index in [-0.39, 0.29) is 23.5 Å². The number of likely N-dealkylation sites (tertiary alicyclic amines) is 1. The molecule has 1 saturated carbocycles. The molecule has 0 spiro atoms. The van der Waals surface area contributed by atoms with Gasteiger partial charge < -0.3 is 20.6 Å². The smallest absolute Gasteiger partial charge is 0.261 e. The first-order chi connectivity index (χ1) is 23.5. The normalized spacial score (nSPS) is 26.6. The van der Waals surface area contributed by atoms with E-state index in [4.69, 9.17) is 9.98 Å². The molecule has 2 aromatic carbocycles. The number of benzene rings is 2. The Hall–Kier alpha value is -3.34. The monoisotopic (exact) mass is 673 g/mol. The number of aliphatic imine (C=N–C) groups is 1. The van der Waals surface area contributed by atoms with Gasteiger partial charge in [-0.25, -0.2) is 14.4 Å². The number of nitrogens with zero attached hydrogens (tertiary/aromatic N) is 5. The Bertz CT molecular complexity index is 1670. The zero-order chi connectivity index (χ0) is 34.7. The Morgan fingerprint density at radius 3 is 2.65 bits per heavy atom. The van der Waals surface area contributed by atoms with E-state index in [2.05, 4.69) is 55.1 Å². The number of rotatable bonds is 8. The Balaban J connectivity index is 1.33. The Labute approximate surface area is 291 Å². The summed E-state index contributed by atoms with van der Waals surface area (Å²) in [5.74, 6) is 2.40. The van der Waals surface area contributed by atoms with Gasteiger partial charge in [-0.05, 0) is 98.7 Å². The van der Waals surface area contributed by atoms with Crippen LogP contribution in [0.25, 0.3) is 10.9 Å². The fraction of sp³-hybridized carbons (Fsp3) is 0.615. The van der Waals surface area contributed by atoms with Crippen LogP contribution in [0.4, 0.5) is 10.1 Å². The number of piperidine rings is 1. The van der Waals surface area contributed by atoms with Gasteiger partial charge in [0, 0.05) is 44.5 Å². The molecular weight excluding hydrogens is 617 g/mol. The van der Waals surface area contributed by atoms with Crippen molar-refractivity contribution in [1.82, 2.24) is 24.7 Å². The third-order valence-corrected chi connectivity index (χ3v) is 11.4. The maximum absolute atomic E-state index is 14.1. The maximum Gasteiger partial charge on any atom is 0.261 e. The van der Waals surface area contributed by atoms with Crippen LogP contribution >= 0.6 is 0 Å². The highest BCUT2D eigenvalue weighted by atomic mass is 19.1. The number of hydrogen-bond acceptors (Lipinski definition) is 6. The number of aliphatic hydroxyl groups excluding tert-OH is 1. The molecule has 49 heavy (non-hydrogen) atoms. The first-order valence-corrected chi connectivity index (χ1v) is 18.5. The van der Waals surface area contributed by atoms with Crippen LogP contribution in [0, 0.1) is 23.1 Å². The molecule has 3 fully saturated rings. The summed E-state index contributed by atoms with van der Waals surface area (Å²) < 4.78 is 15.3. The fourth-order valence-electron chi connectivity index (χ4n) is 8.62. The summed E-state index contributed by atoms with van der Waals surface area (Å²) in [6.07, 6.45) is 5.31. The minimum absolute atomic E-state index is 0.0831. The first-order valence-electron chi connectivity index (χ1n) is 18.5. The lowest BCUT2D eigenvalue weighted by atomic mass is 9.61. The molecule has 1 aromatic heterocycles. The van der Waals surface area contributed by atoms with Crippen LogP contribution in [0.1, 0.15) is 78.1 Å². The molecule has 6 rings (SSSR count). The van der Waals surface area contributed by atoms with Crippen LogP contribution in [-0.4, -0.2) is 81.3 Å². The molecular formula is C39H56FN7O2. The van der Waals surface area contributed by atoms with Crippen molar-refractivity contribution in [2.45, 2.75) is 104 Å². The van der Waals surface area contributed by atoms with Crippen molar-refractivity contribution in [3.8, 4) is 0 Å². The van der Waals surface area contributed by atoms with Crippen LogP contribution in [0.15, 0.2) is 52.3 Å². The van der Waals surface area contributed by atoms with E-state index in [1.165, 1.54) is 18.6 Å². The largest absolute Gasteiger partial charge is 0.392 e. The third-order valence-electron chi connectivity index (χ3n) is 11.4. The number of nitrogens with one attached hydrogen (secondary N) is 2. The van der Waals surface area contributed by atoms with Crippen LogP contribution < -0.4 is 16.2 Å². The van der Waals surface area contributed by atoms with E-state index >= 15 is 0 Å². The quantitative estimate of drug-likeness (QED) is 0.210. The molecule has 1 unspecified atom stereocenters. The number of aromatic nitrogens is 2. The molecule has 3 heterocycles. The van der Waals surface area contributed by atoms with Gasteiger partial charge in [-0.3, -0.25) is 14.3 Å². The van der Waals surface area contributed by atoms with Crippen molar-refractivity contribution in [2.24, 2.45) is 22.2 Å². The van der Waals surface area contributed by atoms with Crippen LogP contribution in [-0.2, 0) is 19.5 Å². The Morgan fingerprint density at radius 1 is 1.12 bits per heavy atom. The first kappa shape index (κ1) is 35.5. The summed E-state index contributed by atoms with van der Waals surface area (Å²) in [4.78, 5) is 29.2. The molecule has 266 valence electrons. The van der Waals surface area contributed by atoms with Gasteiger partial charge in [0.05, 0.1) is 29.6 Å². The molecule has 5 atom stereocenters. The van der Waals surface area contributed by atoms with Crippen LogP contribution in [0.3, 0.4) is 0 Å². The average Bonchev–Trinajstić information content (AvgIpc) is 3.06. The van der Waals surface area contributed by atoms with Crippen molar-refractivity contribution < 1.29 is 9.50 Å². The van der Waals surface area contributed by atoms with Gasteiger partial charge in [0.1, 0.15) is 11.6 Å². The van der Waals surface area contributed by atoms with Crippen molar-refractivity contribution in [3.05, 3.63) is 70.0 Å². The van der Waals surface area contributed by atoms with Crippen molar-refractivity contribution in [3.63, 3.8) is 0 Å². The summed E-state index contributed by atoms with van der Waals surface area (Å²) >= 11 is 0. The number of hydrogen-bond donors (Lipinski definition) is 3. The SMILES string of the molecule is CC[C@H]1[C@H](C)[C@@H](N=C(Nc2ccc3c(=O)n(CCc4ccc(F)cc4)c(CN4CCCC(O)C4)nc3c2)N2CCN[C@@H](C)C2)CCC1(C)C. The van der Waals surface area contributed by atoms with E-state index in [1.807, 2.05) is 18.2 Å². The topological polar surface area (TPSA) is 98.0 Å². The zero-order valence-corrected chi connectivity index (χ0v) is 30.1. The number of anilines is 1. The number of β-amino-alcohol motifs (C(OH)–C–C–N with tert-alkyl or cyclic N) is 1. The van der Waals surface area contributed by atoms with Gasteiger partial charge in [0.15, 0.2) is 5.96 Å². The summed E-state index contributed by atoms with van der Waals surface area (Å²) in [5.41, 5.74) is 2.70. The second kappa shape index (κ2) is 15.3. The molecule has 9 nitrogen and oxygen atoms in total. The fourth-order valence-corrected chi connectivity index (χ4v) is 8.62. The van der Waals surface area contributed by atoms with Gasteiger partial charge in [-0.15, -0.1) is 0 Å². The molecule has 0 radical (unpaired) electrons. The maximum atomic E-state index is 14.1. The molecule has 10 heteroatoms. The van der Waals surface area contributed by atoms with E-state index in [0.717, 1.165) is 69.1 Å². The third kappa shape index (κ3) is 8.35. The van der Waals surface area contributed by atoms with Gasteiger partial charge in [-0.1, -0.05) is 46.2 Å². The van der Waals surface area contributed by atoms with Gasteiger partial charge in [0.2, 0.25) is 0 Å². The molecule has 3 aliphatic rings. The van der Waals surface area contributed by atoms with Gasteiger partial charge in [-0.2, -0.15) is 0 Å². The van der Waals surface area contributed by atoms with Crippen LogP contribution in [0.5, 0.6) is 0 Å². The van der Waals surface area contributed by atoms with Gasteiger partial charge >= 0.3 is 0 Å². The predicted molar refractivity (Wildman–Crippen MR) is 196 cm³/mol. The zero-order valence-electron chi connectivity index (χ0n) is 30.1. The number of aryl methyl sites for hydroxylation is 1. The molecule has 3 aromatic rings. The molecule has 0 amide bonds. The van der Waals surface area contributed by atoms with Gasteiger partial charge in [0.25, 0.3) is 5.56 Å². The number of aliphatic hydroxyl groups is 1. The lowest BCUT2D eigenvalue weighted by Crippen LogP contribution is -2.53. The van der Waals surface area contributed by atoms with Crippen molar-refractivity contribution in [2.75, 3.05) is 38.0 Å². The summed E-state index contributed by atoms with van der Waals surface area (Å²) in [6, 6.07) is 12.9. The second-order valence-corrected chi connectivity index (χ2v) is 15.5. The highest BCUT2D eigenvalue weighted by Gasteiger charge is 2.41. The lowest BCUT2D eigenvalue weighted by molar-refractivity contribution is 0.0647. The summed E-state index contributed by atoms with van der Waals surface area (Å²) in [5, 5.41) is 18.2. The number of fused-ring (bicyclic) bond motifs is 1. The molecule has 1 aliphatic carbocycles. The number of halogens is 1. The minimum Gasteiger partial charge on any atom is -0.392 e. The number of guanidine groups is 1. The summed E-state index contributed by atoms with van der Waals surface area (Å²) in [7, 11) is 0. The summed E-state index contributed by atoms with van der Waals surface area (Å²) in [6.45, 7) is 16.7. The predicted octanol–water partition coefficient (Wildman–Crippen LogP) is 5.65. The standard InChI is InChI=1S/C39H56FN7O2/c1-6-33-27(3)34(15-17-39(33,4)5)44-38(46-21-18-41-26(2)23-46)42-30-13-14-32-35(22-30)43-36(25-45-19-7-8-31(48)24-45)47(37(32)49)20-16-28-9-11-29(40)12-10-28/h9-14,22,26-27,31,33-34,41,48H,6-8,15-21,23-25H2,1-5H3,(H,42,44)/t26-,27-,31?,33-,34-/m0/s1.